The number of nitrogens with zero attached hydrogens (tertiary/aromatic N) is 3. The Morgan fingerprint density at radius 2 is 2.00 bits per heavy atom. The van der Waals surface area contributed by atoms with Crippen LogP contribution in [-0.2, 0) is 6.61 Å². The first-order valence-electron chi connectivity index (χ1n) is 6.53. The quantitative estimate of drug-likeness (QED) is 0.737. The van der Waals surface area contributed by atoms with Gasteiger partial charge in [0.05, 0.1) is 5.02 Å². The summed E-state index contributed by atoms with van der Waals surface area (Å²) < 4.78 is 11.1. The highest BCUT2D eigenvalue weighted by atomic mass is 35.5. The average Bonchev–Trinajstić information content (AvgIpc) is 2.83. The van der Waals surface area contributed by atoms with Crippen molar-refractivity contribution in [2.45, 2.75) is 27.4 Å². The summed E-state index contributed by atoms with van der Waals surface area (Å²) in [6, 6.07) is 5.61. The molecule has 0 radical (unpaired) electrons. The number of benzene rings is 1. The zero-order valence-electron chi connectivity index (χ0n) is 12.0. The number of pyridine rings is 1. The lowest BCUT2D eigenvalue weighted by atomic mass is 10.1. The normalized spacial score (nSPS) is 11.0. The molecule has 0 aliphatic heterocycles. The van der Waals surface area contributed by atoms with Crippen LogP contribution in [0, 0.1) is 20.8 Å². The molecular weight excluding hydrogens is 290 g/mol. The molecule has 1 aromatic carbocycles. The van der Waals surface area contributed by atoms with Gasteiger partial charge < -0.3 is 9.15 Å². The lowest BCUT2D eigenvalue weighted by Crippen LogP contribution is -1.98. The minimum Gasteiger partial charge on any atom is -0.482 e. The molecule has 2 heterocycles. The maximum Gasteiger partial charge on any atom is 0.253 e. The van der Waals surface area contributed by atoms with Gasteiger partial charge in [0, 0.05) is 18.0 Å². The highest BCUT2D eigenvalue weighted by Crippen LogP contribution is 2.33. The third kappa shape index (κ3) is 2.69. The first-order chi connectivity index (χ1) is 10.0. The fourth-order valence-corrected chi connectivity index (χ4v) is 2.58. The molecule has 0 saturated carbocycles. The van der Waals surface area contributed by atoms with Gasteiger partial charge in [-0.3, -0.25) is 0 Å². The fraction of sp³-hybridized carbons (Fsp3) is 0.267. The molecule has 0 saturated heterocycles. The molecule has 21 heavy (non-hydrogen) atoms. The van der Waals surface area contributed by atoms with Gasteiger partial charge in [-0.15, -0.1) is 10.2 Å². The first kappa shape index (κ1) is 13.8. The largest absolute Gasteiger partial charge is 0.482 e. The van der Waals surface area contributed by atoms with Crippen molar-refractivity contribution in [1.82, 2.24) is 15.2 Å². The SMILES string of the molecule is Cc1cc(C)c2c(Cl)ccc(OCc3nnc(C)o3)c2n1. The van der Waals surface area contributed by atoms with Crippen molar-refractivity contribution < 1.29 is 9.15 Å². The van der Waals surface area contributed by atoms with Crippen LogP contribution in [0.15, 0.2) is 22.6 Å². The molecule has 3 aromatic rings. The van der Waals surface area contributed by atoms with E-state index >= 15 is 0 Å². The molecule has 0 bridgehead atoms. The molecule has 6 heteroatoms. The Morgan fingerprint density at radius 1 is 1.19 bits per heavy atom. The van der Waals surface area contributed by atoms with Crippen LogP contribution in [0.5, 0.6) is 5.75 Å². The number of aryl methyl sites for hydroxylation is 3. The van der Waals surface area contributed by atoms with Gasteiger partial charge in [0.1, 0.15) is 11.3 Å². The third-order valence-corrected chi connectivity index (χ3v) is 3.43. The van der Waals surface area contributed by atoms with E-state index in [1.807, 2.05) is 26.0 Å². The number of hydrogen-bond donors (Lipinski definition) is 0. The van der Waals surface area contributed by atoms with Crippen molar-refractivity contribution in [3.05, 3.63) is 46.3 Å². The number of halogens is 1. The monoisotopic (exact) mass is 303 g/mol. The van der Waals surface area contributed by atoms with Crippen LogP contribution in [0.2, 0.25) is 5.02 Å². The second-order valence-electron chi connectivity index (χ2n) is 4.85. The van der Waals surface area contributed by atoms with E-state index in [0.29, 0.717) is 22.6 Å². The summed E-state index contributed by atoms with van der Waals surface area (Å²) in [7, 11) is 0. The van der Waals surface area contributed by atoms with Crippen LogP contribution in [0.25, 0.3) is 10.9 Å². The van der Waals surface area contributed by atoms with E-state index in [0.717, 1.165) is 22.2 Å². The van der Waals surface area contributed by atoms with Gasteiger partial charge in [-0.25, -0.2) is 4.98 Å². The molecule has 0 spiro atoms. The smallest absolute Gasteiger partial charge is 0.253 e. The Bertz CT molecular complexity index is 814. The summed E-state index contributed by atoms with van der Waals surface area (Å²) in [5.74, 6) is 1.59. The van der Waals surface area contributed by atoms with Gasteiger partial charge in [-0.1, -0.05) is 11.6 Å². The molecule has 2 aromatic heterocycles. The maximum atomic E-state index is 6.27. The minimum absolute atomic E-state index is 0.201. The van der Waals surface area contributed by atoms with Crippen LogP contribution in [0.1, 0.15) is 23.0 Å². The standard InChI is InChI=1S/C15H14ClN3O2/c1-8-6-9(2)17-15-12(5-4-11(16)14(8)15)20-7-13-19-18-10(3)21-13/h4-6H,7H2,1-3H3. The summed E-state index contributed by atoms with van der Waals surface area (Å²) in [4.78, 5) is 4.54. The maximum absolute atomic E-state index is 6.27. The van der Waals surface area contributed by atoms with Gasteiger partial charge in [-0.05, 0) is 37.6 Å². The van der Waals surface area contributed by atoms with Crippen LogP contribution in [0.4, 0.5) is 0 Å². The third-order valence-electron chi connectivity index (χ3n) is 3.12. The van der Waals surface area contributed by atoms with Crippen LogP contribution in [-0.4, -0.2) is 15.2 Å². The van der Waals surface area contributed by atoms with E-state index in [4.69, 9.17) is 20.8 Å². The Balaban J connectivity index is 2.00. The van der Waals surface area contributed by atoms with Gasteiger partial charge >= 0.3 is 0 Å². The highest BCUT2D eigenvalue weighted by molar-refractivity contribution is 6.35. The van der Waals surface area contributed by atoms with E-state index in [1.54, 1.807) is 13.0 Å². The number of ether oxygens (including phenoxy) is 1. The topological polar surface area (TPSA) is 61.0 Å². The molecule has 5 nitrogen and oxygen atoms in total. The lowest BCUT2D eigenvalue weighted by Gasteiger charge is -2.11. The van der Waals surface area contributed by atoms with E-state index in [9.17, 15) is 0 Å². The van der Waals surface area contributed by atoms with E-state index < -0.39 is 0 Å². The highest BCUT2D eigenvalue weighted by Gasteiger charge is 2.12. The van der Waals surface area contributed by atoms with Crippen molar-refractivity contribution in [3.63, 3.8) is 0 Å². The average molecular weight is 304 g/mol. The predicted octanol–water partition coefficient (Wildman–Crippen LogP) is 3.78. The zero-order chi connectivity index (χ0) is 15.0. The minimum atomic E-state index is 0.201. The second kappa shape index (κ2) is 5.33. The van der Waals surface area contributed by atoms with Crippen LogP contribution >= 0.6 is 11.6 Å². The molecular formula is C15H14ClN3O2. The second-order valence-corrected chi connectivity index (χ2v) is 5.26. The molecule has 108 valence electrons. The van der Waals surface area contributed by atoms with E-state index in [1.165, 1.54) is 0 Å². The number of hydrogen-bond acceptors (Lipinski definition) is 5. The molecule has 0 unspecified atom stereocenters. The molecule has 0 aliphatic carbocycles. The summed E-state index contributed by atoms with van der Waals surface area (Å²) in [6.45, 7) is 5.89. The number of fused-ring (bicyclic) bond motifs is 1. The number of aromatic nitrogens is 3. The summed E-state index contributed by atoms with van der Waals surface area (Å²) >= 11 is 6.27. The molecule has 0 aliphatic rings. The molecule has 0 atom stereocenters. The van der Waals surface area contributed by atoms with E-state index in [2.05, 4.69) is 15.2 Å². The van der Waals surface area contributed by atoms with Crippen molar-refractivity contribution in [2.75, 3.05) is 0 Å². The van der Waals surface area contributed by atoms with Crippen molar-refractivity contribution in [3.8, 4) is 5.75 Å². The predicted molar refractivity (Wildman–Crippen MR) is 79.6 cm³/mol. The first-order valence-corrected chi connectivity index (χ1v) is 6.90. The Morgan fingerprint density at radius 3 is 2.71 bits per heavy atom. The van der Waals surface area contributed by atoms with Gasteiger partial charge in [0.2, 0.25) is 5.89 Å². The summed E-state index contributed by atoms with van der Waals surface area (Å²) in [5.41, 5.74) is 2.73. The molecule has 0 amide bonds. The fourth-order valence-electron chi connectivity index (χ4n) is 2.28. The Kier molecular flexibility index (Phi) is 3.51. The molecule has 0 fully saturated rings. The van der Waals surface area contributed by atoms with Gasteiger partial charge in [0.15, 0.2) is 6.61 Å². The zero-order valence-corrected chi connectivity index (χ0v) is 12.7. The van der Waals surface area contributed by atoms with Crippen LogP contribution < -0.4 is 4.74 Å². The summed E-state index contributed by atoms with van der Waals surface area (Å²) in [6.07, 6.45) is 0. The molecule has 3 rings (SSSR count). The van der Waals surface area contributed by atoms with Crippen molar-refractivity contribution in [1.29, 1.82) is 0 Å². The summed E-state index contributed by atoms with van der Waals surface area (Å²) in [5, 5.41) is 9.24. The van der Waals surface area contributed by atoms with Crippen molar-refractivity contribution >= 4 is 22.5 Å². The molecule has 0 N–H and O–H groups in total. The van der Waals surface area contributed by atoms with Crippen LogP contribution in [0.3, 0.4) is 0 Å². The Labute approximate surface area is 126 Å². The lowest BCUT2D eigenvalue weighted by molar-refractivity contribution is 0.263. The van der Waals surface area contributed by atoms with Crippen molar-refractivity contribution in [2.24, 2.45) is 0 Å². The number of rotatable bonds is 3. The Hall–Kier alpha value is -2.14. The van der Waals surface area contributed by atoms with Gasteiger partial charge in [0.25, 0.3) is 5.89 Å². The van der Waals surface area contributed by atoms with Gasteiger partial charge in [-0.2, -0.15) is 0 Å². The van der Waals surface area contributed by atoms with E-state index in [-0.39, 0.29) is 6.61 Å².